The van der Waals surface area contributed by atoms with E-state index in [1.165, 1.54) is 17.1 Å². The molecule has 0 bridgehead atoms. The van der Waals surface area contributed by atoms with Gasteiger partial charge in [0.05, 0.1) is 0 Å². The van der Waals surface area contributed by atoms with Gasteiger partial charge in [0.25, 0.3) is 0 Å². The second-order valence-corrected chi connectivity index (χ2v) is 7.71. The van der Waals surface area contributed by atoms with Crippen LogP contribution in [-0.2, 0) is 23.6 Å². The number of rotatable bonds is 7. The SMILES string of the molecule is CCC(C)N(C)S(=O)(=O)c1cc(CNC2CC2)n(C)c1. The normalized spacial score (nSPS) is 17.6. The maximum atomic E-state index is 12.5. The molecule has 1 N–H and O–H groups in total. The topological polar surface area (TPSA) is 54.3 Å². The van der Waals surface area contributed by atoms with Gasteiger partial charge in [-0.1, -0.05) is 6.92 Å². The quantitative estimate of drug-likeness (QED) is 0.833. The number of sulfonamides is 1. The predicted molar refractivity (Wildman–Crippen MR) is 80.0 cm³/mol. The Bertz CT molecular complexity index is 561. The lowest BCUT2D eigenvalue weighted by Crippen LogP contribution is -2.34. The van der Waals surface area contributed by atoms with E-state index < -0.39 is 10.0 Å². The van der Waals surface area contributed by atoms with Crippen molar-refractivity contribution in [1.82, 2.24) is 14.2 Å². The first kappa shape index (κ1) is 15.5. The van der Waals surface area contributed by atoms with Gasteiger partial charge in [0, 0.05) is 44.6 Å². The Labute approximate surface area is 122 Å². The lowest BCUT2D eigenvalue weighted by Gasteiger charge is -2.22. The monoisotopic (exact) mass is 299 g/mol. The van der Waals surface area contributed by atoms with Gasteiger partial charge in [-0.2, -0.15) is 4.31 Å². The highest BCUT2D eigenvalue weighted by Crippen LogP contribution is 2.22. The second-order valence-electron chi connectivity index (χ2n) is 5.71. The van der Waals surface area contributed by atoms with E-state index in [1.807, 2.05) is 25.5 Å². The molecule has 1 fully saturated rings. The molecule has 0 spiro atoms. The molecule has 0 aromatic carbocycles. The van der Waals surface area contributed by atoms with E-state index >= 15 is 0 Å². The van der Waals surface area contributed by atoms with E-state index in [0.717, 1.165) is 18.7 Å². The largest absolute Gasteiger partial charge is 0.352 e. The van der Waals surface area contributed by atoms with Crippen LogP contribution < -0.4 is 5.32 Å². The van der Waals surface area contributed by atoms with Crippen LogP contribution in [0.4, 0.5) is 0 Å². The van der Waals surface area contributed by atoms with Crippen LogP contribution >= 0.6 is 0 Å². The molecule has 5 nitrogen and oxygen atoms in total. The van der Waals surface area contributed by atoms with Gasteiger partial charge in [-0.3, -0.25) is 0 Å². The van der Waals surface area contributed by atoms with Gasteiger partial charge in [0.15, 0.2) is 0 Å². The molecule has 0 amide bonds. The number of nitrogens with one attached hydrogen (secondary N) is 1. The van der Waals surface area contributed by atoms with Crippen LogP contribution in [0, 0.1) is 0 Å². The Kier molecular flexibility index (Phi) is 4.56. The van der Waals surface area contributed by atoms with Gasteiger partial charge in [-0.25, -0.2) is 8.42 Å². The van der Waals surface area contributed by atoms with Gasteiger partial charge in [0.2, 0.25) is 10.0 Å². The van der Waals surface area contributed by atoms with Crippen molar-refractivity contribution in [2.24, 2.45) is 7.05 Å². The number of aryl methyl sites for hydroxylation is 1. The molecule has 0 saturated heterocycles. The zero-order valence-electron chi connectivity index (χ0n) is 12.8. The Balaban J connectivity index is 2.16. The number of nitrogens with zero attached hydrogens (tertiary/aromatic N) is 2. The molecule has 0 aliphatic heterocycles. The molecule has 1 heterocycles. The van der Waals surface area contributed by atoms with Crippen molar-refractivity contribution in [3.8, 4) is 0 Å². The summed E-state index contributed by atoms with van der Waals surface area (Å²) in [7, 11) is 0.156. The van der Waals surface area contributed by atoms with Crippen LogP contribution in [0.5, 0.6) is 0 Å². The molecule has 1 unspecified atom stereocenters. The molecular weight excluding hydrogens is 274 g/mol. The lowest BCUT2D eigenvalue weighted by molar-refractivity contribution is 0.380. The number of hydrogen-bond donors (Lipinski definition) is 1. The van der Waals surface area contributed by atoms with Crippen LogP contribution in [0.15, 0.2) is 17.2 Å². The standard InChI is InChI=1S/C14H25N3O2S/c1-5-11(2)17(4)20(18,19)14-8-13(16(3)10-14)9-15-12-6-7-12/h8,10-12,15H,5-7,9H2,1-4H3. The van der Waals surface area contributed by atoms with E-state index in [4.69, 9.17) is 0 Å². The first-order valence-corrected chi connectivity index (χ1v) is 8.67. The maximum Gasteiger partial charge on any atom is 0.244 e. The minimum Gasteiger partial charge on any atom is -0.352 e. The van der Waals surface area contributed by atoms with E-state index in [-0.39, 0.29) is 6.04 Å². The summed E-state index contributed by atoms with van der Waals surface area (Å²) in [6.07, 6.45) is 4.97. The minimum atomic E-state index is -3.39. The number of aromatic nitrogens is 1. The van der Waals surface area contributed by atoms with Crippen molar-refractivity contribution in [3.63, 3.8) is 0 Å². The summed E-state index contributed by atoms with van der Waals surface area (Å²) in [4.78, 5) is 0.385. The third kappa shape index (κ3) is 3.24. The molecule has 20 heavy (non-hydrogen) atoms. The highest BCUT2D eigenvalue weighted by atomic mass is 32.2. The van der Waals surface area contributed by atoms with Crippen molar-refractivity contribution in [3.05, 3.63) is 18.0 Å². The molecule has 2 rings (SSSR count). The molecule has 1 aliphatic rings. The fourth-order valence-corrected chi connectivity index (χ4v) is 3.62. The maximum absolute atomic E-state index is 12.5. The van der Waals surface area contributed by atoms with Crippen LogP contribution in [-0.4, -0.2) is 36.4 Å². The summed E-state index contributed by atoms with van der Waals surface area (Å²) >= 11 is 0. The Morgan fingerprint density at radius 3 is 2.70 bits per heavy atom. The van der Waals surface area contributed by atoms with Gasteiger partial charge in [-0.05, 0) is 32.3 Å². The van der Waals surface area contributed by atoms with E-state index in [2.05, 4.69) is 5.32 Å². The molecule has 1 atom stereocenters. The van der Waals surface area contributed by atoms with E-state index in [1.54, 1.807) is 19.3 Å². The minimum absolute atomic E-state index is 0.00763. The van der Waals surface area contributed by atoms with Crippen LogP contribution in [0.3, 0.4) is 0 Å². The van der Waals surface area contributed by atoms with Gasteiger partial charge in [-0.15, -0.1) is 0 Å². The smallest absolute Gasteiger partial charge is 0.244 e. The molecule has 1 aromatic heterocycles. The van der Waals surface area contributed by atoms with Crippen molar-refractivity contribution in [2.75, 3.05) is 7.05 Å². The third-order valence-electron chi connectivity index (χ3n) is 4.12. The summed E-state index contributed by atoms with van der Waals surface area (Å²) in [5.74, 6) is 0. The molecule has 1 saturated carbocycles. The van der Waals surface area contributed by atoms with Gasteiger partial charge >= 0.3 is 0 Å². The summed E-state index contributed by atoms with van der Waals surface area (Å²) in [6.45, 7) is 4.65. The third-order valence-corrected chi connectivity index (χ3v) is 6.06. The molecule has 1 aromatic rings. The average Bonchev–Trinajstić information content (AvgIpc) is 3.17. The first-order valence-electron chi connectivity index (χ1n) is 7.23. The van der Waals surface area contributed by atoms with Crippen molar-refractivity contribution < 1.29 is 8.42 Å². The fourth-order valence-electron chi connectivity index (χ4n) is 2.09. The summed E-state index contributed by atoms with van der Waals surface area (Å²) in [5, 5.41) is 3.41. The highest BCUT2D eigenvalue weighted by molar-refractivity contribution is 7.89. The van der Waals surface area contributed by atoms with E-state index in [0.29, 0.717) is 10.9 Å². The Morgan fingerprint density at radius 1 is 1.50 bits per heavy atom. The predicted octanol–water partition coefficient (Wildman–Crippen LogP) is 1.70. The number of hydrogen-bond acceptors (Lipinski definition) is 3. The van der Waals surface area contributed by atoms with E-state index in [9.17, 15) is 8.42 Å². The first-order chi connectivity index (χ1) is 9.36. The van der Waals surface area contributed by atoms with Crippen LogP contribution in [0.1, 0.15) is 38.8 Å². The lowest BCUT2D eigenvalue weighted by atomic mass is 10.3. The molecular formula is C14H25N3O2S. The van der Waals surface area contributed by atoms with Gasteiger partial charge in [0.1, 0.15) is 4.90 Å². The summed E-state index contributed by atoms with van der Waals surface area (Å²) in [6, 6.07) is 2.41. The van der Waals surface area contributed by atoms with Gasteiger partial charge < -0.3 is 9.88 Å². The zero-order chi connectivity index (χ0) is 14.9. The van der Waals surface area contributed by atoms with Crippen molar-refractivity contribution >= 4 is 10.0 Å². The second kappa shape index (κ2) is 5.87. The van der Waals surface area contributed by atoms with Crippen LogP contribution in [0.25, 0.3) is 0 Å². The highest BCUT2D eigenvalue weighted by Gasteiger charge is 2.26. The molecule has 1 aliphatic carbocycles. The Morgan fingerprint density at radius 2 is 2.15 bits per heavy atom. The Hall–Kier alpha value is -0.850. The summed E-state index contributed by atoms with van der Waals surface area (Å²) in [5.41, 5.74) is 1.01. The summed E-state index contributed by atoms with van der Waals surface area (Å²) < 4.78 is 28.4. The van der Waals surface area contributed by atoms with Crippen molar-refractivity contribution in [1.29, 1.82) is 0 Å². The molecule has 0 radical (unpaired) electrons. The molecule has 114 valence electrons. The fraction of sp³-hybridized carbons (Fsp3) is 0.714. The average molecular weight is 299 g/mol. The van der Waals surface area contributed by atoms with Crippen LogP contribution in [0.2, 0.25) is 0 Å². The zero-order valence-corrected chi connectivity index (χ0v) is 13.6. The van der Waals surface area contributed by atoms with Crippen molar-refractivity contribution in [2.45, 2.75) is 56.6 Å². The molecule has 6 heteroatoms.